The van der Waals surface area contributed by atoms with E-state index in [0.717, 1.165) is 11.3 Å². The number of hydrogen-bond donors (Lipinski definition) is 1. The summed E-state index contributed by atoms with van der Waals surface area (Å²) in [6.07, 6.45) is 1.50. The molecule has 0 bridgehead atoms. The van der Waals surface area contributed by atoms with Crippen LogP contribution in [0.5, 0.6) is 0 Å². The largest absolute Gasteiger partial charge is 0.480 e. The van der Waals surface area contributed by atoms with Gasteiger partial charge in [0.1, 0.15) is 6.54 Å². The Morgan fingerprint density at radius 2 is 1.91 bits per heavy atom. The molecular formula is C15H18N4O3. The fraction of sp³-hybridized carbons (Fsp3) is 0.333. The fourth-order valence-corrected chi connectivity index (χ4v) is 1.97. The Morgan fingerprint density at radius 1 is 1.27 bits per heavy atom. The van der Waals surface area contributed by atoms with Crippen molar-refractivity contribution < 1.29 is 14.7 Å². The van der Waals surface area contributed by atoms with E-state index in [1.165, 1.54) is 15.8 Å². The van der Waals surface area contributed by atoms with Crippen LogP contribution in [0, 0.1) is 6.92 Å². The Morgan fingerprint density at radius 3 is 2.45 bits per heavy atom. The number of benzene rings is 1. The number of hydrogen-bond acceptors (Lipinski definition) is 4. The Labute approximate surface area is 128 Å². The quantitative estimate of drug-likeness (QED) is 0.904. The van der Waals surface area contributed by atoms with Gasteiger partial charge in [-0.1, -0.05) is 22.9 Å². The summed E-state index contributed by atoms with van der Waals surface area (Å²) in [5.41, 5.74) is 2.02. The summed E-state index contributed by atoms with van der Waals surface area (Å²) in [6.45, 7) is 5.12. The minimum Gasteiger partial charge on any atom is -0.480 e. The van der Waals surface area contributed by atoms with Crippen molar-refractivity contribution in [2.75, 3.05) is 6.54 Å². The Bertz CT molecular complexity index is 676. The maximum Gasteiger partial charge on any atom is 0.323 e. The number of carboxylic acids is 1. The number of carboxylic acid groups (broad SMARTS) is 1. The number of aliphatic carboxylic acids is 1. The number of carbonyl (C=O) groups is 2. The highest BCUT2D eigenvalue weighted by atomic mass is 16.4. The first kappa shape index (κ1) is 15.7. The molecule has 0 atom stereocenters. The molecule has 0 aliphatic carbocycles. The molecule has 7 heteroatoms. The number of rotatable bonds is 5. The van der Waals surface area contributed by atoms with E-state index in [2.05, 4.69) is 10.3 Å². The predicted octanol–water partition coefficient (Wildman–Crippen LogP) is 1.51. The molecule has 0 fully saturated rings. The first-order valence-corrected chi connectivity index (χ1v) is 6.90. The van der Waals surface area contributed by atoms with Crippen molar-refractivity contribution in [3.63, 3.8) is 0 Å². The normalized spacial score (nSPS) is 10.7. The van der Waals surface area contributed by atoms with E-state index >= 15 is 0 Å². The van der Waals surface area contributed by atoms with Crippen molar-refractivity contribution in [3.8, 4) is 5.69 Å². The monoisotopic (exact) mass is 302 g/mol. The van der Waals surface area contributed by atoms with Crippen LogP contribution in [-0.2, 0) is 4.79 Å². The van der Waals surface area contributed by atoms with Crippen LogP contribution in [0.3, 0.4) is 0 Å². The molecule has 1 heterocycles. The summed E-state index contributed by atoms with van der Waals surface area (Å²) in [7, 11) is 0. The van der Waals surface area contributed by atoms with Crippen molar-refractivity contribution in [1.29, 1.82) is 0 Å². The molecule has 7 nitrogen and oxygen atoms in total. The van der Waals surface area contributed by atoms with Crippen LogP contribution in [0.2, 0.25) is 0 Å². The lowest BCUT2D eigenvalue weighted by atomic mass is 10.2. The lowest BCUT2D eigenvalue weighted by molar-refractivity contribution is -0.138. The summed E-state index contributed by atoms with van der Waals surface area (Å²) >= 11 is 0. The van der Waals surface area contributed by atoms with Crippen LogP contribution < -0.4 is 0 Å². The third-order valence-corrected chi connectivity index (χ3v) is 3.20. The highest BCUT2D eigenvalue weighted by molar-refractivity contribution is 5.94. The van der Waals surface area contributed by atoms with Crippen LogP contribution in [0.25, 0.3) is 5.69 Å². The van der Waals surface area contributed by atoms with Gasteiger partial charge in [0.25, 0.3) is 5.91 Å². The van der Waals surface area contributed by atoms with Crippen molar-refractivity contribution in [1.82, 2.24) is 19.9 Å². The van der Waals surface area contributed by atoms with E-state index < -0.39 is 11.9 Å². The number of aryl methyl sites for hydroxylation is 1. The van der Waals surface area contributed by atoms with E-state index in [0.29, 0.717) is 0 Å². The second-order valence-electron chi connectivity index (χ2n) is 5.30. The maximum absolute atomic E-state index is 12.4. The van der Waals surface area contributed by atoms with Crippen LogP contribution in [-0.4, -0.2) is 49.5 Å². The molecule has 1 aromatic carbocycles. The zero-order chi connectivity index (χ0) is 16.3. The van der Waals surface area contributed by atoms with Crippen molar-refractivity contribution in [2.45, 2.75) is 26.8 Å². The number of amides is 1. The van der Waals surface area contributed by atoms with E-state index in [-0.39, 0.29) is 18.3 Å². The molecule has 1 aromatic heterocycles. The van der Waals surface area contributed by atoms with Gasteiger partial charge in [-0.15, -0.1) is 5.10 Å². The minimum atomic E-state index is -1.06. The van der Waals surface area contributed by atoms with Gasteiger partial charge in [-0.25, -0.2) is 4.68 Å². The Kier molecular flexibility index (Phi) is 4.55. The van der Waals surface area contributed by atoms with Gasteiger partial charge in [-0.3, -0.25) is 9.59 Å². The topological polar surface area (TPSA) is 88.3 Å². The van der Waals surface area contributed by atoms with Crippen LogP contribution in [0.15, 0.2) is 30.5 Å². The molecule has 22 heavy (non-hydrogen) atoms. The van der Waals surface area contributed by atoms with Gasteiger partial charge in [0.05, 0.1) is 11.9 Å². The third-order valence-electron chi connectivity index (χ3n) is 3.20. The van der Waals surface area contributed by atoms with E-state index in [4.69, 9.17) is 5.11 Å². The van der Waals surface area contributed by atoms with Gasteiger partial charge in [0.2, 0.25) is 0 Å². The summed E-state index contributed by atoms with van der Waals surface area (Å²) in [4.78, 5) is 24.5. The van der Waals surface area contributed by atoms with Gasteiger partial charge >= 0.3 is 5.97 Å². The number of aromatic nitrogens is 3. The summed E-state index contributed by atoms with van der Waals surface area (Å²) in [5, 5.41) is 16.7. The summed E-state index contributed by atoms with van der Waals surface area (Å²) < 4.78 is 1.49. The highest BCUT2D eigenvalue weighted by Gasteiger charge is 2.23. The maximum atomic E-state index is 12.4. The summed E-state index contributed by atoms with van der Waals surface area (Å²) in [5.74, 6) is -1.51. The minimum absolute atomic E-state index is 0.121. The van der Waals surface area contributed by atoms with Gasteiger partial charge in [-0.2, -0.15) is 0 Å². The lowest BCUT2D eigenvalue weighted by Gasteiger charge is -2.23. The molecule has 0 aliphatic heterocycles. The van der Waals surface area contributed by atoms with Crippen molar-refractivity contribution in [3.05, 3.63) is 41.7 Å². The molecule has 0 saturated heterocycles. The van der Waals surface area contributed by atoms with Gasteiger partial charge in [0.15, 0.2) is 5.69 Å². The average molecular weight is 302 g/mol. The molecule has 2 aromatic rings. The van der Waals surface area contributed by atoms with Crippen LogP contribution in [0.1, 0.15) is 29.9 Å². The number of carbonyl (C=O) groups excluding carboxylic acids is 1. The zero-order valence-corrected chi connectivity index (χ0v) is 12.7. The zero-order valence-electron chi connectivity index (χ0n) is 12.7. The van der Waals surface area contributed by atoms with Crippen LogP contribution >= 0.6 is 0 Å². The lowest BCUT2D eigenvalue weighted by Crippen LogP contribution is -2.40. The smallest absolute Gasteiger partial charge is 0.323 e. The van der Waals surface area contributed by atoms with Gasteiger partial charge in [0, 0.05) is 6.04 Å². The van der Waals surface area contributed by atoms with Crippen LogP contribution in [0.4, 0.5) is 0 Å². The molecular weight excluding hydrogens is 284 g/mol. The third kappa shape index (κ3) is 3.49. The van der Waals surface area contributed by atoms with Crippen molar-refractivity contribution >= 4 is 11.9 Å². The van der Waals surface area contributed by atoms with E-state index in [1.807, 2.05) is 31.2 Å². The van der Waals surface area contributed by atoms with Gasteiger partial charge in [-0.05, 0) is 32.9 Å². The molecule has 0 radical (unpaired) electrons. The molecule has 1 amide bonds. The molecule has 0 aliphatic rings. The predicted molar refractivity (Wildman–Crippen MR) is 79.9 cm³/mol. The molecule has 1 N–H and O–H groups in total. The molecule has 0 unspecified atom stereocenters. The standard InChI is InChI=1S/C15H18N4O3/c1-10(2)18(9-14(20)21)15(22)13-8-19(17-16-13)12-6-4-11(3)5-7-12/h4-8,10H,9H2,1-3H3,(H,20,21). The first-order valence-electron chi connectivity index (χ1n) is 6.90. The van der Waals surface area contributed by atoms with E-state index in [9.17, 15) is 9.59 Å². The summed E-state index contributed by atoms with van der Waals surface area (Å²) in [6, 6.07) is 7.37. The molecule has 0 spiro atoms. The second-order valence-corrected chi connectivity index (χ2v) is 5.30. The second kappa shape index (κ2) is 6.38. The SMILES string of the molecule is Cc1ccc(-n2cc(C(=O)N(CC(=O)O)C(C)C)nn2)cc1. The van der Waals surface area contributed by atoms with E-state index in [1.54, 1.807) is 13.8 Å². The fourth-order valence-electron chi connectivity index (χ4n) is 1.97. The molecule has 2 rings (SSSR count). The molecule has 0 saturated carbocycles. The van der Waals surface area contributed by atoms with Crippen molar-refractivity contribution in [2.24, 2.45) is 0 Å². The number of nitrogens with zero attached hydrogens (tertiary/aromatic N) is 4. The average Bonchev–Trinajstić information content (AvgIpc) is 2.94. The highest BCUT2D eigenvalue weighted by Crippen LogP contribution is 2.11. The Balaban J connectivity index is 2.24. The van der Waals surface area contributed by atoms with Gasteiger partial charge < -0.3 is 10.0 Å². The first-order chi connectivity index (χ1) is 10.4. The molecule has 116 valence electrons. The Hall–Kier alpha value is -2.70.